The van der Waals surface area contributed by atoms with Gasteiger partial charge in [0.15, 0.2) is 5.96 Å². The maximum Gasteiger partial charge on any atom is 0.224 e. The van der Waals surface area contributed by atoms with E-state index in [-0.39, 0.29) is 11.7 Å². The van der Waals surface area contributed by atoms with Crippen LogP contribution >= 0.6 is 0 Å². The van der Waals surface area contributed by atoms with Crippen LogP contribution in [0.4, 0.5) is 10.1 Å². The van der Waals surface area contributed by atoms with E-state index < -0.39 is 0 Å². The molecule has 1 fully saturated rings. The third-order valence-corrected chi connectivity index (χ3v) is 5.62. The molecule has 8 nitrogen and oxygen atoms in total. The van der Waals surface area contributed by atoms with Crippen molar-refractivity contribution in [3.05, 3.63) is 47.5 Å². The number of rotatable bonds is 8. The maximum atomic E-state index is 13.1. The molecule has 2 N–H and O–H groups in total. The van der Waals surface area contributed by atoms with Crippen LogP contribution in [0.1, 0.15) is 24.2 Å². The predicted octanol–water partition coefficient (Wildman–Crippen LogP) is 1.93. The zero-order valence-corrected chi connectivity index (χ0v) is 19.3. The summed E-state index contributed by atoms with van der Waals surface area (Å²) in [7, 11) is 1.73. The fraction of sp³-hybridized carbons (Fsp3) is 0.522. The number of anilines is 1. The summed E-state index contributed by atoms with van der Waals surface area (Å²) in [4.78, 5) is 20.9. The Labute approximate surface area is 189 Å². The van der Waals surface area contributed by atoms with E-state index in [0.717, 1.165) is 44.0 Å². The highest BCUT2D eigenvalue weighted by Crippen LogP contribution is 2.17. The van der Waals surface area contributed by atoms with Crippen LogP contribution in [0.3, 0.4) is 0 Å². The molecule has 0 bridgehead atoms. The fourth-order valence-corrected chi connectivity index (χ4v) is 3.87. The van der Waals surface area contributed by atoms with Gasteiger partial charge in [0.05, 0.1) is 5.69 Å². The quantitative estimate of drug-likeness (QED) is 0.370. The molecule has 0 unspecified atom stereocenters. The van der Waals surface area contributed by atoms with Gasteiger partial charge >= 0.3 is 0 Å². The molecular formula is C23H34FN7O. The highest BCUT2D eigenvalue weighted by Gasteiger charge is 2.21. The average Bonchev–Trinajstić information content (AvgIpc) is 3.12. The van der Waals surface area contributed by atoms with Gasteiger partial charge in [-0.2, -0.15) is 5.10 Å². The van der Waals surface area contributed by atoms with Crippen molar-refractivity contribution in [2.24, 2.45) is 4.99 Å². The Hall–Kier alpha value is -3.10. The van der Waals surface area contributed by atoms with E-state index in [4.69, 9.17) is 0 Å². The second-order valence-corrected chi connectivity index (χ2v) is 8.02. The lowest BCUT2D eigenvalue weighted by Crippen LogP contribution is -2.49. The number of hydrogen-bond acceptors (Lipinski definition) is 4. The van der Waals surface area contributed by atoms with Crippen molar-refractivity contribution in [3.8, 4) is 0 Å². The molecule has 0 radical (unpaired) electrons. The molecule has 0 atom stereocenters. The van der Waals surface area contributed by atoms with Crippen LogP contribution in [0, 0.1) is 19.7 Å². The van der Waals surface area contributed by atoms with Crippen LogP contribution in [0.15, 0.2) is 35.3 Å². The molecule has 2 aromatic rings. The van der Waals surface area contributed by atoms with Gasteiger partial charge in [0, 0.05) is 70.7 Å². The molecule has 0 saturated carbocycles. The topological polar surface area (TPSA) is 77.8 Å². The van der Waals surface area contributed by atoms with Crippen LogP contribution in [-0.4, -0.2) is 72.9 Å². The molecule has 3 rings (SSSR count). The lowest BCUT2D eigenvalue weighted by atomic mass is 10.2. The molecule has 1 aliphatic heterocycles. The average molecular weight is 444 g/mol. The molecule has 1 aromatic heterocycles. The number of carbonyl (C=O) groups excluding carboxylic acids is 1. The standard InChI is InChI=1S/C23H34FN7O/c1-18-17-19(2)31(28-18)12-4-10-26-23(25-3)27-11-9-22(32)30-15-13-29(14-16-30)21-7-5-20(24)6-8-21/h5-8,17H,4,9-16H2,1-3H3,(H2,25,26,27). The van der Waals surface area contributed by atoms with E-state index in [9.17, 15) is 9.18 Å². The van der Waals surface area contributed by atoms with E-state index in [1.807, 2.05) is 16.5 Å². The number of nitrogens with one attached hydrogen (secondary N) is 2. The lowest BCUT2D eigenvalue weighted by Gasteiger charge is -2.36. The fourth-order valence-electron chi connectivity index (χ4n) is 3.87. The summed E-state index contributed by atoms with van der Waals surface area (Å²) in [6.45, 7) is 9.09. The van der Waals surface area contributed by atoms with Crippen molar-refractivity contribution in [1.29, 1.82) is 0 Å². The van der Waals surface area contributed by atoms with Gasteiger partial charge in [-0.05, 0) is 50.6 Å². The van der Waals surface area contributed by atoms with Crippen LogP contribution in [0.5, 0.6) is 0 Å². The number of halogens is 1. The van der Waals surface area contributed by atoms with Gasteiger partial charge in [-0.1, -0.05) is 0 Å². The van der Waals surface area contributed by atoms with E-state index in [2.05, 4.69) is 38.6 Å². The Morgan fingerprint density at radius 3 is 2.41 bits per heavy atom. The second-order valence-electron chi connectivity index (χ2n) is 8.02. The number of aryl methyl sites for hydroxylation is 3. The summed E-state index contributed by atoms with van der Waals surface area (Å²) in [5.74, 6) is 0.603. The van der Waals surface area contributed by atoms with E-state index in [0.29, 0.717) is 32.0 Å². The number of aromatic nitrogens is 2. The van der Waals surface area contributed by atoms with Crippen LogP contribution in [-0.2, 0) is 11.3 Å². The van der Waals surface area contributed by atoms with Gasteiger partial charge in [-0.15, -0.1) is 0 Å². The van der Waals surface area contributed by atoms with Crippen molar-refractivity contribution in [2.75, 3.05) is 51.2 Å². The van der Waals surface area contributed by atoms with Gasteiger partial charge in [0.25, 0.3) is 0 Å². The van der Waals surface area contributed by atoms with Crippen LogP contribution < -0.4 is 15.5 Å². The predicted molar refractivity (Wildman–Crippen MR) is 125 cm³/mol. The molecule has 1 saturated heterocycles. The molecule has 9 heteroatoms. The molecule has 0 spiro atoms. The highest BCUT2D eigenvalue weighted by atomic mass is 19.1. The summed E-state index contributed by atoms with van der Waals surface area (Å²) in [6, 6.07) is 8.59. The van der Waals surface area contributed by atoms with E-state index in [1.165, 1.54) is 17.8 Å². The number of aliphatic imine (C=N–C) groups is 1. The Morgan fingerprint density at radius 1 is 1.09 bits per heavy atom. The molecular weight excluding hydrogens is 409 g/mol. The third-order valence-electron chi connectivity index (χ3n) is 5.62. The van der Waals surface area contributed by atoms with Crippen molar-refractivity contribution in [2.45, 2.75) is 33.2 Å². The first-order valence-electron chi connectivity index (χ1n) is 11.2. The van der Waals surface area contributed by atoms with Gasteiger partial charge < -0.3 is 20.4 Å². The van der Waals surface area contributed by atoms with Crippen LogP contribution in [0.25, 0.3) is 0 Å². The highest BCUT2D eigenvalue weighted by molar-refractivity contribution is 5.81. The normalized spacial score (nSPS) is 14.6. The third kappa shape index (κ3) is 6.70. The summed E-state index contributed by atoms with van der Waals surface area (Å²) in [5, 5.41) is 11.0. The monoisotopic (exact) mass is 443 g/mol. The smallest absolute Gasteiger partial charge is 0.224 e. The molecule has 0 aliphatic carbocycles. The number of guanidine groups is 1. The second kappa shape index (κ2) is 11.5. The summed E-state index contributed by atoms with van der Waals surface area (Å²) in [5.41, 5.74) is 3.20. The van der Waals surface area contributed by atoms with Crippen LogP contribution in [0.2, 0.25) is 0 Å². The van der Waals surface area contributed by atoms with Crippen molar-refractivity contribution in [1.82, 2.24) is 25.3 Å². The molecule has 2 heterocycles. The zero-order chi connectivity index (χ0) is 22.9. The minimum absolute atomic E-state index is 0.135. The molecule has 1 amide bonds. The van der Waals surface area contributed by atoms with E-state index >= 15 is 0 Å². The zero-order valence-electron chi connectivity index (χ0n) is 19.3. The van der Waals surface area contributed by atoms with Crippen molar-refractivity contribution in [3.63, 3.8) is 0 Å². The largest absolute Gasteiger partial charge is 0.368 e. The molecule has 1 aromatic carbocycles. The number of benzene rings is 1. The summed E-state index contributed by atoms with van der Waals surface area (Å²) >= 11 is 0. The number of nitrogens with zero attached hydrogens (tertiary/aromatic N) is 5. The Bertz CT molecular complexity index is 902. The molecule has 1 aliphatic rings. The van der Waals surface area contributed by atoms with Crippen molar-refractivity contribution >= 4 is 17.6 Å². The minimum atomic E-state index is -0.234. The number of hydrogen-bond donors (Lipinski definition) is 2. The number of amides is 1. The Morgan fingerprint density at radius 2 is 1.78 bits per heavy atom. The SMILES string of the molecule is CN=C(NCCCn1nc(C)cc1C)NCCC(=O)N1CCN(c2ccc(F)cc2)CC1. The summed E-state index contributed by atoms with van der Waals surface area (Å²) < 4.78 is 15.1. The number of piperazine rings is 1. The summed E-state index contributed by atoms with van der Waals surface area (Å²) in [6.07, 6.45) is 1.35. The maximum absolute atomic E-state index is 13.1. The molecule has 32 heavy (non-hydrogen) atoms. The first-order valence-corrected chi connectivity index (χ1v) is 11.2. The Balaban J connectivity index is 1.31. The molecule has 174 valence electrons. The van der Waals surface area contributed by atoms with Gasteiger partial charge in [-0.25, -0.2) is 4.39 Å². The first kappa shape index (κ1) is 23.6. The van der Waals surface area contributed by atoms with Gasteiger partial charge in [0.2, 0.25) is 5.91 Å². The number of carbonyl (C=O) groups is 1. The minimum Gasteiger partial charge on any atom is -0.368 e. The van der Waals surface area contributed by atoms with E-state index in [1.54, 1.807) is 19.2 Å². The first-order chi connectivity index (χ1) is 15.5. The lowest BCUT2D eigenvalue weighted by molar-refractivity contribution is -0.131. The van der Waals surface area contributed by atoms with Gasteiger partial charge in [0.1, 0.15) is 5.82 Å². The van der Waals surface area contributed by atoms with Crippen molar-refractivity contribution < 1.29 is 9.18 Å². The Kier molecular flexibility index (Phi) is 8.47. The van der Waals surface area contributed by atoms with Gasteiger partial charge in [-0.3, -0.25) is 14.5 Å².